The summed E-state index contributed by atoms with van der Waals surface area (Å²) in [5, 5.41) is 18.1. The summed E-state index contributed by atoms with van der Waals surface area (Å²) in [7, 11) is 0. The number of anilines is 1. The Morgan fingerprint density at radius 3 is 3.14 bits per heavy atom. The van der Waals surface area contributed by atoms with Gasteiger partial charge in [0, 0.05) is 16.8 Å². The van der Waals surface area contributed by atoms with Crippen molar-refractivity contribution in [3.8, 4) is 0 Å². The molecule has 2 N–H and O–H groups in total. The minimum Gasteiger partial charge on any atom is -0.481 e. The molecule has 0 bridgehead atoms. The Balaban J connectivity index is 1.57. The summed E-state index contributed by atoms with van der Waals surface area (Å²) in [6.45, 7) is 2.52. The molecule has 0 saturated heterocycles. The maximum atomic E-state index is 11.4. The van der Waals surface area contributed by atoms with E-state index in [4.69, 9.17) is 11.6 Å². The molecule has 0 saturated carbocycles. The first-order valence-electron chi connectivity index (χ1n) is 9.10. The summed E-state index contributed by atoms with van der Waals surface area (Å²) in [6, 6.07) is 1.95. The predicted molar refractivity (Wildman–Crippen MR) is 109 cm³/mol. The SMILES string of the molecule is CC1(Cl)Cn2nccc2C=C1Nc1ncnc2sc3c(c12)CCC(C(=O)O)C3. The lowest BCUT2D eigenvalue weighted by Crippen LogP contribution is -2.34. The molecule has 7 nitrogen and oxygen atoms in total. The van der Waals surface area contributed by atoms with Crippen LogP contribution < -0.4 is 5.32 Å². The Bertz CT molecular complexity index is 1130. The summed E-state index contributed by atoms with van der Waals surface area (Å²) in [6.07, 6.45) is 7.21. The maximum Gasteiger partial charge on any atom is 0.306 e. The number of carboxylic acid groups (broad SMARTS) is 1. The number of hydrogen-bond donors (Lipinski definition) is 2. The van der Waals surface area contributed by atoms with Gasteiger partial charge in [-0.2, -0.15) is 5.10 Å². The number of allylic oxidation sites excluding steroid dienone is 1. The first-order chi connectivity index (χ1) is 13.4. The van der Waals surface area contributed by atoms with Crippen LogP contribution in [0.15, 0.2) is 24.3 Å². The number of rotatable bonds is 3. The molecular formula is C19H18ClN5O2S. The van der Waals surface area contributed by atoms with Gasteiger partial charge in [-0.25, -0.2) is 9.97 Å². The van der Waals surface area contributed by atoms with Crippen LogP contribution in [0.3, 0.4) is 0 Å². The van der Waals surface area contributed by atoms with Crippen molar-refractivity contribution in [1.82, 2.24) is 19.7 Å². The van der Waals surface area contributed by atoms with Crippen LogP contribution in [0.2, 0.25) is 0 Å². The van der Waals surface area contributed by atoms with E-state index in [1.165, 1.54) is 5.56 Å². The van der Waals surface area contributed by atoms with Crippen LogP contribution in [0.5, 0.6) is 0 Å². The lowest BCUT2D eigenvalue weighted by atomic mass is 9.88. The Morgan fingerprint density at radius 2 is 2.32 bits per heavy atom. The number of carboxylic acids is 1. The second-order valence-corrected chi connectivity index (χ2v) is 9.40. The zero-order valence-electron chi connectivity index (χ0n) is 15.1. The molecule has 3 aromatic rings. The van der Waals surface area contributed by atoms with Crippen LogP contribution in [-0.4, -0.2) is 35.7 Å². The number of alkyl halides is 1. The maximum absolute atomic E-state index is 11.4. The van der Waals surface area contributed by atoms with Crippen LogP contribution in [0.25, 0.3) is 16.3 Å². The van der Waals surface area contributed by atoms with Gasteiger partial charge in [-0.3, -0.25) is 9.48 Å². The standard InChI is InChI=1S/C19H18ClN5O2S/c1-19(20)8-25-11(4-5-23-25)7-14(19)24-16-15-12-3-2-10(18(26)27)6-13(12)28-17(15)22-9-21-16/h4-5,7,9-10H,2-3,6,8H2,1H3,(H,26,27)(H,21,22,24). The fourth-order valence-electron chi connectivity index (χ4n) is 3.97. The third-order valence-corrected chi connectivity index (χ3v) is 6.98. The average molecular weight is 416 g/mol. The van der Waals surface area contributed by atoms with E-state index in [0.717, 1.165) is 38.7 Å². The fraction of sp³-hybridized carbons (Fsp3) is 0.368. The highest BCUT2D eigenvalue weighted by Gasteiger charge is 2.34. The molecule has 0 amide bonds. The van der Waals surface area contributed by atoms with E-state index in [2.05, 4.69) is 20.4 Å². The minimum absolute atomic E-state index is 0.322. The first kappa shape index (κ1) is 17.6. The van der Waals surface area contributed by atoms with Crippen molar-refractivity contribution in [2.45, 2.75) is 37.6 Å². The summed E-state index contributed by atoms with van der Waals surface area (Å²) in [5.74, 6) is -0.325. The van der Waals surface area contributed by atoms with Gasteiger partial charge in [-0.1, -0.05) is 0 Å². The second kappa shape index (κ2) is 6.28. The molecule has 2 atom stereocenters. The number of fused-ring (bicyclic) bond motifs is 4. The molecular weight excluding hydrogens is 398 g/mol. The van der Waals surface area contributed by atoms with E-state index >= 15 is 0 Å². The Labute approximate surface area is 170 Å². The lowest BCUT2D eigenvalue weighted by Gasteiger charge is -2.30. The fourth-order valence-corrected chi connectivity index (χ4v) is 5.45. The molecule has 2 unspecified atom stereocenters. The topological polar surface area (TPSA) is 92.9 Å². The first-order valence-corrected chi connectivity index (χ1v) is 10.3. The van der Waals surface area contributed by atoms with E-state index in [0.29, 0.717) is 19.4 Å². The van der Waals surface area contributed by atoms with Crippen LogP contribution in [0, 0.1) is 5.92 Å². The number of carbonyl (C=O) groups is 1. The molecule has 0 aromatic carbocycles. The Hall–Kier alpha value is -2.45. The van der Waals surface area contributed by atoms with Gasteiger partial charge in [0.15, 0.2) is 0 Å². The number of aryl methyl sites for hydroxylation is 1. The van der Waals surface area contributed by atoms with Crippen LogP contribution in [-0.2, 0) is 24.2 Å². The molecule has 0 spiro atoms. The number of aromatic nitrogens is 4. The highest BCUT2D eigenvalue weighted by molar-refractivity contribution is 7.19. The van der Waals surface area contributed by atoms with E-state index < -0.39 is 10.8 Å². The average Bonchev–Trinajstić information content (AvgIpc) is 3.24. The molecule has 3 aromatic heterocycles. The number of hydrogen-bond acceptors (Lipinski definition) is 6. The van der Waals surface area contributed by atoms with Gasteiger partial charge in [-0.15, -0.1) is 22.9 Å². The molecule has 28 heavy (non-hydrogen) atoms. The Morgan fingerprint density at radius 1 is 1.46 bits per heavy atom. The van der Waals surface area contributed by atoms with Crippen molar-refractivity contribution in [1.29, 1.82) is 0 Å². The van der Waals surface area contributed by atoms with E-state index in [1.807, 2.05) is 23.7 Å². The van der Waals surface area contributed by atoms with E-state index in [1.54, 1.807) is 23.9 Å². The third kappa shape index (κ3) is 2.79. The zero-order valence-corrected chi connectivity index (χ0v) is 16.7. The molecule has 4 heterocycles. The van der Waals surface area contributed by atoms with Crippen LogP contribution in [0.1, 0.15) is 29.5 Å². The zero-order chi connectivity index (χ0) is 19.5. The summed E-state index contributed by atoms with van der Waals surface area (Å²) >= 11 is 8.36. The monoisotopic (exact) mass is 415 g/mol. The summed E-state index contributed by atoms with van der Waals surface area (Å²) in [4.78, 5) is 21.7. The van der Waals surface area contributed by atoms with Gasteiger partial charge >= 0.3 is 5.97 Å². The van der Waals surface area contributed by atoms with Crippen molar-refractivity contribution < 1.29 is 9.90 Å². The summed E-state index contributed by atoms with van der Waals surface area (Å²) < 4.78 is 1.88. The van der Waals surface area contributed by atoms with E-state index in [-0.39, 0.29) is 5.92 Å². The van der Waals surface area contributed by atoms with Gasteiger partial charge < -0.3 is 10.4 Å². The van der Waals surface area contributed by atoms with Gasteiger partial charge in [0.25, 0.3) is 0 Å². The normalized spacial score (nSPS) is 23.8. The Kier molecular flexibility index (Phi) is 3.96. The van der Waals surface area contributed by atoms with Crippen molar-refractivity contribution in [2.24, 2.45) is 5.92 Å². The molecule has 5 rings (SSSR count). The quantitative estimate of drug-likeness (QED) is 0.635. The predicted octanol–water partition coefficient (Wildman–Crippen LogP) is 3.54. The number of nitrogens with zero attached hydrogens (tertiary/aromatic N) is 4. The molecule has 9 heteroatoms. The van der Waals surface area contributed by atoms with Gasteiger partial charge in [0.1, 0.15) is 21.8 Å². The number of halogens is 1. The van der Waals surface area contributed by atoms with Crippen LogP contribution in [0.4, 0.5) is 5.82 Å². The number of thiophene rings is 1. The summed E-state index contributed by atoms with van der Waals surface area (Å²) in [5.41, 5.74) is 3.02. The van der Waals surface area contributed by atoms with Crippen molar-refractivity contribution in [3.05, 3.63) is 40.4 Å². The van der Waals surface area contributed by atoms with Crippen molar-refractivity contribution >= 4 is 51.0 Å². The van der Waals surface area contributed by atoms with Crippen LogP contribution >= 0.6 is 22.9 Å². The molecule has 144 valence electrons. The van der Waals surface area contributed by atoms with Crippen molar-refractivity contribution in [3.63, 3.8) is 0 Å². The smallest absolute Gasteiger partial charge is 0.306 e. The lowest BCUT2D eigenvalue weighted by molar-refractivity contribution is -0.142. The third-order valence-electron chi connectivity index (χ3n) is 5.50. The molecule has 1 aliphatic carbocycles. The second-order valence-electron chi connectivity index (χ2n) is 7.48. The van der Waals surface area contributed by atoms with Gasteiger partial charge in [0.05, 0.1) is 23.5 Å². The number of nitrogens with one attached hydrogen (secondary N) is 1. The number of aliphatic carboxylic acids is 1. The largest absolute Gasteiger partial charge is 0.481 e. The van der Waals surface area contributed by atoms with Crippen molar-refractivity contribution in [2.75, 3.05) is 5.32 Å². The highest BCUT2D eigenvalue weighted by Crippen LogP contribution is 2.41. The molecule has 2 aliphatic rings. The van der Waals surface area contributed by atoms with E-state index in [9.17, 15) is 9.90 Å². The van der Waals surface area contributed by atoms with Gasteiger partial charge in [-0.05, 0) is 43.9 Å². The molecule has 0 fully saturated rings. The highest BCUT2D eigenvalue weighted by atomic mass is 35.5. The minimum atomic E-state index is -0.727. The molecule has 1 aliphatic heterocycles. The molecule has 0 radical (unpaired) electrons. The van der Waals surface area contributed by atoms with Gasteiger partial charge in [0.2, 0.25) is 0 Å².